The first-order valence-electron chi connectivity index (χ1n) is 13.1. The molecule has 0 aliphatic heterocycles. The maximum absolute atomic E-state index is 13.6. The van der Waals surface area contributed by atoms with Gasteiger partial charge in [0.15, 0.2) is 5.82 Å². The Balaban J connectivity index is 1.58. The Labute approximate surface area is 241 Å². The Morgan fingerprint density at radius 1 is 1.02 bits per heavy atom. The molecule has 0 aliphatic carbocycles. The first-order valence-corrected chi connectivity index (χ1v) is 13.1. The van der Waals surface area contributed by atoms with Gasteiger partial charge < -0.3 is 26.4 Å². The van der Waals surface area contributed by atoms with Gasteiger partial charge in [-0.3, -0.25) is 4.79 Å². The van der Waals surface area contributed by atoms with Gasteiger partial charge in [0.05, 0.1) is 16.9 Å². The normalized spacial score (nSPS) is 11.8. The lowest BCUT2D eigenvalue weighted by Gasteiger charge is -2.18. The van der Waals surface area contributed by atoms with Crippen molar-refractivity contribution < 1.29 is 23.1 Å². The van der Waals surface area contributed by atoms with E-state index >= 15 is 0 Å². The van der Waals surface area contributed by atoms with Crippen LogP contribution >= 0.6 is 0 Å². The van der Waals surface area contributed by atoms with Crippen LogP contribution in [-0.2, 0) is 12.7 Å². The van der Waals surface area contributed by atoms with Crippen molar-refractivity contribution in [2.24, 2.45) is 0 Å². The van der Waals surface area contributed by atoms with Crippen LogP contribution in [-0.4, -0.2) is 50.0 Å². The molecule has 0 saturated carbocycles. The smallest absolute Gasteiger partial charge is 0.389 e. The Morgan fingerprint density at radius 2 is 1.79 bits per heavy atom. The number of alkyl halides is 3. The summed E-state index contributed by atoms with van der Waals surface area (Å²) in [7, 11) is 1.75. The van der Waals surface area contributed by atoms with Crippen LogP contribution in [0.4, 0.5) is 36.2 Å². The number of carbonyl (C=O) groups is 1. The summed E-state index contributed by atoms with van der Waals surface area (Å²) in [5.41, 5.74) is 0.777. The first kappa shape index (κ1) is 30.5. The Morgan fingerprint density at radius 3 is 2.48 bits per heavy atom. The van der Waals surface area contributed by atoms with Crippen molar-refractivity contribution in [3.63, 3.8) is 0 Å². The van der Waals surface area contributed by atoms with E-state index in [1.165, 1.54) is 12.4 Å². The fraction of sp³-hybridized carbons (Fsp3) is 0.310. The van der Waals surface area contributed by atoms with Gasteiger partial charge in [-0.2, -0.15) is 23.0 Å². The first-order chi connectivity index (χ1) is 19.7. The Kier molecular flexibility index (Phi) is 8.83. The molecule has 0 spiro atoms. The number of hydrogen-bond donors (Lipinski definition) is 5. The molecule has 4 rings (SSSR count). The molecule has 0 unspecified atom stereocenters. The average molecular weight is 583 g/mol. The largest absolute Gasteiger partial charge is 0.416 e. The van der Waals surface area contributed by atoms with E-state index in [0.717, 1.165) is 23.4 Å². The molecule has 1 amide bonds. The molecule has 0 fully saturated rings. The summed E-state index contributed by atoms with van der Waals surface area (Å²) >= 11 is 0. The highest BCUT2D eigenvalue weighted by atomic mass is 19.4. The number of carbonyl (C=O) groups excluding carboxylic acids is 1. The van der Waals surface area contributed by atoms with E-state index in [2.05, 4.69) is 36.3 Å². The van der Waals surface area contributed by atoms with Crippen LogP contribution in [0.25, 0.3) is 5.82 Å². The van der Waals surface area contributed by atoms with Gasteiger partial charge in [-0.25, -0.2) is 9.97 Å². The fourth-order valence-corrected chi connectivity index (χ4v) is 4.14. The number of aromatic nitrogens is 4. The van der Waals surface area contributed by atoms with E-state index in [1.807, 2.05) is 19.9 Å². The van der Waals surface area contributed by atoms with Gasteiger partial charge in [-0.15, -0.1) is 0 Å². The van der Waals surface area contributed by atoms with Gasteiger partial charge in [0.25, 0.3) is 5.91 Å². The number of benzene rings is 2. The van der Waals surface area contributed by atoms with Crippen molar-refractivity contribution in [1.82, 2.24) is 25.1 Å². The van der Waals surface area contributed by atoms with Gasteiger partial charge in [-0.05, 0) is 69.2 Å². The highest BCUT2D eigenvalue weighted by Gasteiger charge is 2.32. The number of aliphatic hydroxyl groups is 1. The number of nitrogens with zero attached hydrogens (tertiary/aromatic N) is 4. The van der Waals surface area contributed by atoms with Gasteiger partial charge in [-0.1, -0.05) is 6.07 Å². The van der Waals surface area contributed by atoms with Crippen molar-refractivity contribution in [3.05, 3.63) is 82.8 Å². The van der Waals surface area contributed by atoms with Crippen molar-refractivity contribution >= 4 is 28.9 Å². The predicted octanol–water partition coefficient (Wildman–Crippen LogP) is 5.20. The zero-order chi connectivity index (χ0) is 30.7. The highest BCUT2D eigenvalue weighted by Crippen LogP contribution is 2.31. The van der Waals surface area contributed by atoms with Gasteiger partial charge >= 0.3 is 6.18 Å². The van der Waals surface area contributed by atoms with Crippen LogP contribution in [0, 0.1) is 13.8 Å². The molecule has 0 radical (unpaired) electrons. The van der Waals surface area contributed by atoms with Gasteiger partial charge in [0.1, 0.15) is 18.0 Å². The van der Waals surface area contributed by atoms with E-state index < -0.39 is 23.2 Å². The Bertz CT molecular complexity index is 1580. The second-order valence-electron chi connectivity index (χ2n) is 10.5. The zero-order valence-electron chi connectivity index (χ0n) is 23.9. The molecule has 10 nitrogen and oxygen atoms in total. The van der Waals surface area contributed by atoms with Crippen LogP contribution < -0.4 is 21.3 Å². The van der Waals surface area contributed by atoms with E-state index in [9.17, 15) is 23.1 Å². The Hall–Kier alpha value is -4.49. The number of hydrogen-bond acceptors (Lipinski definition) is 8. The third kappa shape index (κ3) is 7.83. The van der Waals surface area contributed by atoms with E-state index in [1.54, 1.807) is 49.8 Å². The maximum Gasteiger partial charge on any atom is 0.416 e. The van der Waals surface area contributed by atoms with Crippen molar-refractivity contribution in [2.75, 3.05) is 29.5 Å². The molecule has 42 heavy (non-hydrogen) atoms. The van der Waals surface area contributed by atoms with E-state index in [-0.39, 0.29) is 24.2 Å². The molecule has 2 heterocycles. The molecular weight excluding hydrogens is 549 g/mol. The van der Waals surface area contributed by atoms with Crippen molar-refractivity contribution in [3.8, 4) is 5.82 Å². The second-order valence-corrected chi connectivity index (χ2v) is 10.5. The molecule has 0 bridgehead atoms. The summed E-state index contributed by atoms with van der Waals surface area (Å²) in [6.07, 6.45) is -3.22. The summed E-state index contributed by atoms with van der Waals surface area (Å²) in [6, 6.07) is 11.9. The lowest BCUT2D eigenvalue weighted by molar-refractivity contribution is -0.137. The van der Waals surface area contributed by atoms with Crippen LogP contribution in [0.1, 0.15) is 46.6 Å². The number of halogens is 3. The summed E-state index contributed by atoms with van der Waals surface area (Å²) in [4.78, 5) is 21.6. The number of nitrogens with one attached hydrogen (secondary N) is 4. The molecule has 222 valence electrons. The van der Waals surface area contributed by atoms with Crippen molar-refractivity contribution in [2.45, 2.75) is 46.0 Å². The summed E-state index contributed by atoms with van der Waals surface area (Å²) in [6.45, 7) is 7.10. The zero-order valence-corrected chi connectivity index (χ0v) is 23.9. The second kappa shape index (κ2) is 12.2. The minimum atomic E-state index is -4.64. The molecule has 5 N–H and O–H groups in total. The number of aryl methyl sites for hydroxylation is 2. The standard InChI is InChI=1S/C29H33F3N8O2/c1-17-6-7-22(12-23(17)38-26-8-18(2)39-40(26)25-13-24(33-5)35-16-36-25)37-27(41)20-9-19(14-34-15-28(3,4)42)10-21(11-20)29(30,31)32/h6-13,16,34,38,42H,14-15H2,1-5H3,(H,37,41)(H,33,35,36). The number of rotatable bonds is 10. The monoisotopic (exact) mass is 582 g/mol. The minimum absolute atomic E-state index is 0.0437. The summed E-state index contributed by atoms with van der Waals surface area (Å²) < 4.78 is 42.5. The lowest BCUT2D eigenvalue weighted by atomic mass is 10.0. The summed E-state index contributed by atoms with van der Waals surface area (Å²) in [5, 5.41) is 26.3. The van der Waals surface area contributed by atoms with Crippen LogP contribution in [0.5, 0.6) is 0 Å². The number of anilines is 4. The van der Waals surface area contributed by atoms with E-state index in [0.29, 0.717) is 28.8 Å². The predicted molar refractivity (Wildman–Crippen MR) is 155 cm³/mol. The highest BCUT2D eigenvalue weighted by molar-refractivity contribution is 6.04. The van der Waals surface area contributed by atoms with Gasteiger partial charge in [0, 0.05) is 49.2 Å². The van der Waals surface area contributed by atoms with Gasteiger partial charge in [0.2, 0.25) is 0 Å². The molecule has 0 saturated heterocycles. The molecule has 2 aromatic heterocycles. The quantitative estimate of drug-likeness (QED) is 0.173. The fourth-order valence-electron chi connectivity index (χ4n) is 4.14. The van der Waals surface area contributed by atoms with Crippen LogP contribution in [0.3, 0.4) is 0 Å². The van der Waals surface area contributed by atoms with E-state index in [4.69, 9.17) is 0 Å². The summed E-state index contributed by atoms with van der Waals surface area (Å²) in [5.74, 6) is 1.07. The maximum atomic E-state index is 13.6. The molecule has 0 aliphatic rings. The topological polar surface area (TPSA) is 129 Å². The molecule has 2 aromatic carbocycles. The minimum Gasteiger partial charge on any atom is -0.389 e. The molecule has 13 heteroatoms. The molecular formula is C29H33F3N8O2. The third-order valence-corrected chi connectivity index (χ3v) is 6.18. The third-order valence-electron chi connectivity index (χ3n) is 6.18. The molecule has 0 atom stereocenters. The SMILES string of the molecule is CNc1cc(-n2nc(C)cc2Nc2cc(NC(=O)c3cc(CNCC(C)(C)O)cc(C(F)(F)F)c3)ccc2C)ncn1. The van der Waals surface area contributed by atoms with Crippen LogP contribution in [0.15, 0.2) is 54.9 Å². The number of amides is 1. The van der Waals surface area contributed by atoms with Crippen molar-refractivity contribution in [1.29, 1.82) is 0 Å². The van der Waals surface area contributed by atoms with Crippen LogP contribution in [0.2, 0.25) is 0 Å². The lowest BCUT2D eigenvalue weighted by Crippen LogP contribution is -2.34. The molecule has 4 aromatic rings. The average Bonchev–Trinajstić information content (AvgIpc) is 3.29.